The maximum absolute atomic E-state index is 13.6. The van der Waals surface area contributed by atoms with Gasteiger partial charge in [-0.1, -0.05) is 13.0 Å². The fourth-order valence-electron chi connectivity index (χ4n) is 4.20. The van der Waals surface area contributed by atoms with Gasteiger partial charge in [0.15, 0.2) is 0 Å². The molecule has 2 aliphatic rings. The van der Waals surface area contributed by atoms with Crippen LogP contribution in [0.1, 0.15) is 43.0 Å². The number of rotatable bonds is 6. The smallest absolute Gasteiger partial charge is 0.257 e. The Bertz CT molecular complexity index is 729. The minimum atomic E-state index is -0.698. The number of hydrogen-bond donors (Lipinski definition) is 1. The topological polar surface area (TPSA) is 71.1 Å². The van der Waals surface area contributed by atoms with E-state index in [1.165, 1.54) is 0 Å². The Labute approximate surface area is 173 Å². The molecule has 160 valence electrons. The Morgan fingerprint density at radius 2 is 2.03 bits per heavy atom. The van der Waals surface area contributed by atoms with Crippen molar-refractivity contribution in [2.45, 2.75) is 44.4 Å². The van der Waals surface area contributed by atoms with Gasteiger partial charge in [-0.2, -0.15) is 0 Å². The number of carbonyl (C=O) groups excluding carboxylic acids is 2. The Hall–Kier alpha value is -2.12. The molecule has 0 radical (unpaired) electrons. The highest BCUT2D eigenvalue weighted by Crippen LogP contribution is 2.43. The van der Waals surface area contributed by atoms with E-state index >= 15 is 0 Å². The lowest BCUT2D eigenvalue weighted by molar-refractivity contribution is -0.127. The maximum atomic E-state index is 13.6. The lowest BCUT2D eigenvalue weighted by atomic mass is 9.83. The van der Waals surface area contributed by atoms with E-state index in [0.717, 1.165) is 32.2 Å². The largest absolute Gasteiger partial charge is 0.497 e. The quantitative estimate of drug-likeness (QED) is 0.788. The van der Waals surface area contributed by atoms with Gasteiger partial charge in [-0.3, -0.25) is 14.5 Å². The van der Waals surface area contributed by atoms with Gasteiger partial charge in [-0.05, 0) is 63.9 Å². The minimum Gasteiger partial charge on any atom is -0.497 e. The summed E-state index contributed by atoms with van der Waals surface area (Å²) in [5.74, 6) is 0.891. The zero-order valence-electron chi connectivity index (χ0n) is 17.9. The average Bonchev–Trinajstić information content (AvgIpc) is 3.08. The molecule has 0 bridgehead atoms. The van der Waals surface area contributed by atoms with Crippen LogP contribution in [0.25, 0.3) is 0 Å². The first kappa shape index (κ1) is 21.6. The summed E-state index contributed by atoms with van der Waals surface area (Å²) in [5, 5.41) is 2.97. The van der Waals surface area contributed by atoms with Gasteiger partial charge < -0.3 is 19.7 Å². The Balaban J connectivity index is 1.86. The number of hydrogen-bond acceptors (Lipinski definition) is 5. The van der Waals surface area contributed by atoms with Crippen LogP contribution in [0.3, 0.4) is 0 Å². The lowest BCUT2D eigenvalue weighted by Gasteiger charge is -2.43. The van der Waals surface area contributed by atoms with Gasteiger partial charge >= 0.3 is 0 Å². The predicted octanol–water partition coefficient (Wildman–Crippen LogP) is 2.12. The number of benzene rings is 1. The molecule has 2 amide bonds. The monoisotopic (exact) mass is 403 g/mol. The van der Waals surface area contributed by atoms with Gasteiger partial charge in [0.1, 0.15) is 17.5 Å². The number of ether oxygens (including phenoxy) is 2. The highest BCUT2D eigenvalue weighted by atomic mass is 16.5. The fourth-order valence-corrected chi connectivity index (χ4v) is 4.20. The molecule has 29 heavy (non-hydrogen) atoms. The molecule has 1 unspecified atom stereocenters. The van der Waals surface area contributed by atoms with E-state index in [2.05, 4.69) is 12.2 Å². The third kappa shape index (κ3) is 4.73. The van der Waals surface area contributed by atoms with E-state index in [9.17, 15) is 9.59 Å². The van der Waals surface area contributed by atoms with E-state index in [1.54, 1.807) is 36.3 Å². The molecule has 1 aromatic carbocycles. The van der Waals surface area contributed by atoms with Gasteiger partial charge in [0, 0.05) is 18.7 Å². The number of methoxy groups -OCH3 is 1. The summed E-state index contributed by atoms with van der Waals surface area (Å²) in [7, 11) is 5.50. The van der Waals surface area contributed by atoms with Crippen molar-refractivity contribution in [2.75, 3.05) is 40.9 Å². The number of nitrogens with one attached hydrogen (secondary N) is 1. The third-order valence-corrected chi connectivity index (χ3v) is 6.01. The summed E-state index contributed by atoms with van der Waals surface area (Å²) < 4.78 is 11.5. The van der Waals surface area contributed by atoms with Crippen LogP contribution in [0.5, 0.6) is 5.75 Å². The van der Waals surface area contributed by atoms with Gasteiger partial charge in [-0.25, -0.2) is 0 Å². The van der Waals surface area contributed by atoms with Crippen LogP contribution in [0.4, 0.5) is 0 Å². The molecule has 1 aliphatic carbocycles. The van der Waals surface area contributed by atoms with Crippen molar-refractivity contribution in [1.29, 1.82) is 0 Å². The van der Waals surface area contributed by atoms with Crippen LogP contribution < -0.4 is 10.1 Å². The Morgan fingerprint density at radius 3 is 2.69 bits per heavy atom. The molecule has 1 aromatic rings. The third-order valence-electron chi connectivity index (χ3n) is 6.01. The molecule has 1 aliphatic heterocycles. The summed E-state index contributed by atoms with van der Waals surface area (Å²) in [6, 6.07) is 6.47. The van der Waals surface area contributed by atoms with Crippen molar-refractivity contribution in [1.82, 2.24) is 15.1 Å². The first-order chi connectivity index (χ1) is 13.9. The minimum absolute atomic E-state index is 0.154. The van der Waals surface area contributed by atoms with Crippen LogP contribution in [-0.4, -0.2) is 74.3 Å². The maximum Gasteiger partial charge on any atom is 0.257 e. The van der Waals surface area contributed by atoms with E-state index in [4.69, 9.17) is 9.47 Å². The van der Waals surface area contributed by atoms with Crippen molar-refractivity contribution < 1.29 is 19.1 Å². The molecule has 3 rings (SSSR count). The normalized spacial score (nSPS) is 26.7. The molecule has 7 heteroatoms. The van der Waals surface area contributed by atoms with Crippen LogP contribution in [0.2, 0.25) is 0 Å². The number of carbonyl (C=O) groups is 2. The zero-order chi connectivity index (χ0) is 21.0. The molecule has 2 fully saturated rings. The second-order valence-corrected chi connectivity index (χ2v) is 8.46. The molecule has 1 N–H and O–H groups in total. The predicted molar refractivity (Wildman–Crippen MR) is 111 cm³/mol. The van der Waals surface area contributed by atoms with Gasteiger partial charge in [0.25, 0.3) is 5.91 Å². The van der Waals surface area contributed by atoms with Crippen molar-refractivity contribution in [3.8, 4) is 5.75 Å². The lowest BCUT2D eigenvalue weighted by Crippen LogP contribution is -2.57. The van der Waals surface area contributed by atoms with Crippen LogP contribution in [-0.2, 0) is 9.53 Å². The summed E-state index contributed by atoms with van der Waals surface area (Å²) >= 11 is 0. The number of likely N-dealkylation sites (N-methyl/N-ethyl adjacent to an activating group) is 1. The highest BCUT2D eigenvalue weighted by molar-refractivity contribution is 5.98. The molecule has 1 saturated carbocycles. The molecular weight excluding hydrogens is 370 g/mol. The van der Waals surface area contributed by atoms with Gasteiger partial charge in [0.2, 0.25) is 5.91 Å². The molecule has 0 aromatic heterocycles. The fraction of sp³-hybridized carbons (Fsp3) is 0.636. The summed E-state index contributed by atoms with van der Waals surface area (Å²) in [6.07, 6.45) is 3.48. The second kappa shape index (κ2) is 9.13. The van der Waals surface area contributed by atoms with E-state index < -0.39 is 11.8 Å². The van der Waals surface area contributed by atoms with Crippen molar-refractivity contribution in [3.63, 3.8) is 0 Å². The highest BCUT2D eigenvalue weighted by Gasteiger charge is 2.53. The molecule has 7 nitrogen and oxygen atoms in total. The van der Waals surface area contributed by atoms with Crippen molar-refractivity contribution in [2.24, 2.45) is 5.92 Å². The molecule has 1 heterocycles. The van der Waals surface area contributed by atoms with Crippen LogP contribution in [0, 0.1) is 5.92 Å². The van der Waals surface area contributed by atoms with Gasteiger partial charge in [0.05, 0.1) is 13.7 Å². The summed E-state index contributed by atoms with van der Waals surface area (Å²) in [4.78, 5) is 30.2. The Morgan fingerprint density at radius 1 is 1.31 bits per heavy atom. The van der Waals surface area contributed by atoms with Crippen molar-refractivity contribution in [3.05, 3.63) is 29.8 Å². The molecule has 1 atom stereocenters. The molecular formula is C22H33N3O4. The molecule has 1 saturated heterocycles. The SMILES string of the molecule is COc1cccc(C(=O)N2C(C(=O)NCCN(C)C)COC23CCC(C)CC3)c1. The standard InChI is InChI=1S/C22H33N3O4/c1-16-8-10-22(11-9-16)25(21(27)17-6-5-7-18(14-17)28-4)19(15-29-22)20(26)23-12-13-24(2)3/h5-7,14,16,19H,8-13,15H2,1-4H3,(H,23,26). The average molecular weight is 404 g/mol. The number of amides is 2. The Kier molecular flexibility index (Phi) is 6.80. The van der Waals surface area contributed by atoms with E-state index in [0.29, 0.717) is 23.8 Å². The van der Waals surface area contributed by atoms with Crippen LogP contribution in [0.15, 0.2) is 24.3 Å². The first-order valence-corrected chi connectivity index (χ1v) is 10.4. The second-order valence-electron chi connectivity index (χ2n) is 8.46. The molecule has 1 spiro atoms. The van der Waals surface area contributed by atoms with Crippen LogP contribution >= 0.6 is 0 Å². The van der Waals surface area contributed by atoms with Gasteiger partial charge in [-0.15, -0.1) is 0 Å². The van der Waals surface area contributed by atoms with E-state index in [-0.39, 0.29) is 18.4 Å². The van der Waals surface area contributed by atoms with E-state index in [1.807, 2.05) is 19.0 Å². The summed E-state index contributed by atoms with van der Waals surface area (Å²) in [5.41, 5.74) is -0.185. The number of nitrogens with zero attached hydrogens (tertiary/aromatic N) is 2. The zero-order valence-corrected chi connectivity index (χ0v) is 17.9. The van der Waals surface area contributed by atoms with Crippen molar-refractivity contribution >= 4 is 11.8 Å². The first-order valence-electron chi connectivity index (χ1n) is 10.4. The summed E-state index contributed by atoms with van der Waals surface area (Å²) in [6.45, 7) is 3.73.